The number of benzene rings is 1. The SMILES string of the molecule is Cc1cc(C(=O)COC(=O)CCNS(=O)(=O)c2c(Cl)cccc2Cl)c(C)n1C(C)C. The van der Waals surface area contributed by atoms with Crippen LogP contribution in [0.3, 0.4) is 0 Å². The van der Waals surface area contributed by atoms with E-state index in [0.717, 1.165) is 11.4 Å². The summed E-state index contributed by atoms with van der Waals surface area (Å²) in [4.78, 5) is 24.1. The second-order valence-electron chi connectivity index (χ2n) is 7.03. The molecular formula is C20H24Cl2N2O5S. The summed E-state index contributed by atoms with van der Waals surface area (Å²) in [5.41, 5.74) is 2.26. The van der Waals surface area contributed by atoms with E-state index in [0.29, 0.717) is 5.56 Å². The minimum absolute atomic E-state index is 0.0258. The van der Waals surface area contributed by atoms with Crippen LogP contribution >= 0.6 is 23.2 Å². The van der Waals surface area contributed by atoms with Crippen molar-refractivity contribution in [3.63, 3.8) is 0 Å². The third-order valence-corrected chi connectivity index (χ3v) is 6.89. The van der Waals surface area contributed by atoms with Gasteiger partial charge in [-0.05, 0) is 45.9 Å². The van der Waals surface area contributed by atoms with Gasteiger partial charge < -0.3 is 9.30 Å². The minimum atomic E-state index is -4.00. The molecule has 30 heavy (non-hydrogen) atoms. The number of aryl methyl sites for hydroxylation is 1. The van der Waals surface area contributed by atoms with Gasteiger partial charge in [0.1, 0.15) is 4.90 Å². The van der Waals surface area contributed by atoms with Crippen LogP contribution in [-0.2, 0) is 19.6 Å². The Morgan fingerprint density at radius 3 is 2.30 bits per heavy atom. The van der Waals surface area contributed by atoms with Gasteiger partial charge in [0.15, 0.2) is 6.61 Å². The van der Waals surface area contributed by atoms with Crippen molar-refractivity contribution in [3.8, 4) is 0 Å². The molecule has 0 unspecified atom stereocenters. The lowest BCUT2D eigenvalue weighted by Crippen LogP contribution is -2.27. The van der Waals surface area contributed by atoms with Crippen LogP contribution in [-0.4, -0.2) is 37.9 Å². The molecule has 0 saturated carbocycles. The summed E-state index contributed by atoms with van der Waals surface area (Å²) in [6, 6.07) is 6.30. The number of nitrogens with zero attached hydrogens (tertiary/aromatic N) is 1. The number of ether oxygens (including phenoxy) is 1. The maximum absolute atomic E-state index is 12.4. The van der Waals surface area contributed by atoms with Gasteiger partial charge in [-0.15, -0.1) is 0 Å². The molecule has 1 aromatic heterocycles. The fraction of sp³-hybridized carbons (Fsp3) is 0.400. The second-order valence-corrected chi connectivity index (χ2v) is 9.55. The molecule has 0 spiro atoms. The highest BCUT2D eigenvalue weighted by molar-refractivity contribution is 7.89. The predicted molar refractivity (Wildman–Crippen MR) is 116 cm³/mol. The van der Waals surface area contributed by atoms with Crippen molar-refractivity contribution in [1.82, 2.24) is 9.29 Å². The first kappa shape index (κ1) is 24.4. The zero-order chi connectivity index (χ0) is 22.6. The Bertz CT molecular complexity index is 1040. The number of esters is 1. The summed E-state index contributed by atoms with van der Waals surface area (Å²) >= 11 is 11.8. The quantitative estimate of drug-likeness (QED) is 0.436. The van der Waals surface area contributed by atoms with Crippen LogP contribution in [0.5, 0.6) is 0 Å². The molecule has 164 valence electrons. The van der Waals surface area contributed by atoms with E-state index in [4.69, 9.17) is 27.9 Å². The molecule has 1 heterocycles. The van der Waals surface area contributed by atoms with E-state index >= 15 is 0 Å². The molecule has 0 aliphatic rings. The molecule has 1 N–H and O–H groups in total. The van der Waals surface area contributed by atoms with Gasteiger partial charge in [0.05, 0.1) is 16.5 Å². The van der Waals surface area contributed by atoms with Crippen LogP contribution < -0.4 is 4.72 Å². The van der Waals surface area contributed by atoms with E-state index in [1.807, 2.05) is 32.3 Å². The lowest BCUT2D eigenvalue weighted by atomic mass is 10.1. The van der Waals surface area contributed by atoms with Gasteiger partial charge in [0.2, 0.25) is 15.8 Å². The van der Waals surface area contributed by atoms with Crippen LogP contribution in [0.2, 0.25) is 10.0 Å². The van der Waals surface area contributed by atoms with Crippen LogP contribution in [0.4, 0.5) is 0 Å². The molecule has 0 aliphatic carbocycles. The van der Waals surface area contributed by atoms with Crippen molar-refractivity contribution in [3.05, 3.63) is 51.3 Å². The Morgan fingerprint density at radius 2 is 1.77 bits per heavy atom. The third kappa shape index (κ3) is 5.63. The number of nitrogens with one attached hydrogen (secondary N) is 1. The summed E-state index contributed by atoms with van der Waals surface area (Å²) in [7, 11) is -4.00. The summed E-state index contributed by atoms with van der Waals surface area (Å²) in [5.74, 6) is -1.01. The molecule has 0 radical (unpaired) electrons. The number of Topliss-reactive ketones (excluding diaryl/α,β-unsaturated/α-hetero) is 1. The summed E-state index contributed by atoms with van der Waals surface area (Å²) in [6.07, 6.45) is -0.250. The van der Waals surface area contributed by atoms with Crippen molar-refractivity contribution in [2.75, 3.05) is 13.2 Å². The second kappa shape index (κ2) is 9.96. The minimum Gasteiger partial charge on any atom is -0.457 e. The number of carbonyl (C=O) groups is 2. The zero-order valence-electron chi connectivity index (χ0n) is 17.2. The molecule has 0 aliphatic heterocycles. The lowest BCUT2D eigenvalue weighted by Gasteiger charge is -2.13. The van der Waals surface area contributed by atoms with Gasteiger partial charge in [-0.25, -0.2) is 13.1 Å². The van der Waals surface area contributed by atoms with Crippen molar-refractivity contribution in [2.45, 2.75) is 45.1 Å². The molecule has 0 atom stereocenters. The highest BCUT2D eigenvalue weighted by Gasteiger charge is 2.22. The maximum Gasteiger partial charge on any atom is 0.307 e. The molecule has 2 rings (SSSR count). The van der Waals surface area contributed by atoms with E-state index in [1.54, 1.807) is 6.07 Å². The normalized spacial score (nSPS) is 11.7. The van der Waals surface area contributed by atoms with Crippen LogP contribution in [0.25, 0.3) is 0 Å². The third-order valence-electron chi connectivity index (χ3n) is 4.47. The molecule has 7 nitrogen and oxygen atoms in total. The molecule has 1 aromatic carbocycles. The Kier molecular flexibility index (Phi) is 8.10. The number of carbonyl (C=O) groups excluding carboxylic acids is 2. The monoisotopic (exact) mass is 474 g/mol. The summed E-state index contributed by atoms with van der Waals surface area (Å²) < 4.78 is 34.0. The average molecular weight is 475 g/mol. The molecule has 2 aromatic rings. The van der Waals surface area contributed by atoms with E-state index in [9.17, 15) is 18.0 Å². The van der Waals surface area contributed by atoms with Gasteiger partial charge >= 0.3 is 5.97 Å². The van der Waals surface area contributed by atoms with Gasteiger partial charge in [-0.3, -0.25) is 9.59 Å². The number of halogens is 2. The van der Waals surface area contributed by atoms with Crippen molar-refractivity contribution >= 4 is 45.0 Å². The van der Waals surface area contributed by atoms with Crippen LogP contribution in [0, 0.1) is 13.8 Å². The van der Waals surface area contributed by atoms with Crippen LogP contribution in [0.1, 0.15) is 48.1 Å². The first-order valence-electron chi connectivity index (χ1n) is 9.26. The highest BCUT2D eigenvalue weighted by atomic mass is 35.5. The first-order valence-corrected chi connectivity index (χ1v) is 11.5. The zero-order valence-corrected chi connectivity index (χ0v) is 19.5. The van der Waals surface area contributed by atoms with Gasteiger partial charge in [-0.1, -0.05) is 29.3 Å². The lowest BCUT2D eigenvalue weighted by molar-refractivity contribution is -0.142. The molecular weight excluding hydrogens is 451 g/mol. The van der Waals surface area contributed by atoms with E-state index in [-0.39, 0.29) is 39.7 Å². The number of hydrogen-bond donors (Lipinski definition) is 1. The number of hydrogen-bond acceptors (Lipinski definition) is 5. The van der Waals surface area contributed by atoms with Gasteiger partial charge in [0.25, 0.3) is 0 Å². The van der Waals surface area contributed by atoms with Crippen molar-refractivity contribution < 1.29 is 22.7 Å². The summed E-state index contributed by atoms with van der Waals surface area (Å²) in [5, 5.41) is -0.0515. The molecule has 0 bridgehead atoms. The number of aromatic nitrogens is 1. The Morgan fingerprint density at radius 1 is 1.17 bits per heavy atom. The standard InChI is InChI=1S/C20H24Cl2N2O5S/c1-12(2)24-13(3)10-15(14(24)4)18(25)11-29-19(26)8-9-23-30(27,28)20-16(21)6-5-7-17(20)22/h5-7,10,12,23H,8-9,11H2,1-4H3. The van der Waals surface area contributed by atoms with E-state index in [2.05, 4.69) is 4.72 Å². The summed E-state index contributed by atoms with van der Waals surface area (Å²) in [6.45, 7) is 7.16. The Labute approximate surface area is 186 Å². The van der Waals surface area contributed by atoms with Crippen molar-refractivity contribution in [1.29, 1.82) is 0 Å². The number of sulfonamides is 1. The largest absolute Gasteiger partial charge is 0.457 e. The Balaban J connectivity index is 1.90. The smallest absolute Gasteiger partial charge is 0.307 e. The molecule has 0 amide bonds. The van der Waals surface area contributed by atoms with Gasteiger partial charge in [-0.2, -0.15) is 0 Å². The van der Waals surface area contributed by atoms with E-state index in [1.165, 1.54) is 18.2 Å². The van der Waals surface area contributed by atoms with Crippen LogP contribution in [0.15, 0.2) is 29.2 Å². The van der Waals surface area contributed by atoms with E-state index < -0.39 is 22.6 Å². The molecule has 0 saturated heterocycles. The van der Waals surface area contributed by atoms with Crippen molar-refractivity contribution in [2.24, 2.45) is 0 Å². The maximum atomic E-state index is 12.4. The Hall–Kier alpha value is -1.87. The fourth-order valence-electron chi connectivity index (χ4n) is 3.25. The molecule has 10 heteroatoms. The number of rotatable bonds is 9. The molecule has 0 fully saturated rings. The first-order chi connectivity index (χ1) is 14.0. The van der Waals surface area contributed by atoms with Gasteiger partial charge in [0, 0.05) is 29.5 Å². The topological polar surface area (TPSA) is 94.5 Å². The average Bonchev–Trinajstić information content (AvgIpc) is 2.93. The fourth-order valence-corrected chi connectivity index (χ4v) is 5.42. The number of ketones is 1. The highest BCUT2D eigenvalue weighted by Crippen LogP contribution is 2.28. The predicted octanol–water partition coefficient (Wildman–Crippen LogP) is 4.09.